The zero-order valence-electron chi connectivity index (χ0n) is 21.1. The third-order valence-corrected chi connectivity index (χ3v) is 7.06. The van der Waals surface area contributed by atoms with Crippen LogP contribution in [0.3, 0.4) is 0 Å². The molecule has 1 saturated heterocycles. The van der Waals surface area contributed by atoms with Crippen molar-refractivity contribution in [3.05, 3.63) is 87.3 Å². The predicted molar refractivity (Wildman–Crippen MR) is 151 cm³/mol. The minimum absolute atomic E-state index is 0.0174. The first kappa shape index (κ1) is 27.5. The van der Waals surface area contributed by atoms with Crippen molar-refractivity contribution in [2.45, 2.75) is 31.8 Å². The van der Waals surface area contributed by atoms with E-state index in [-0.39, 0.29) is 56.9 Å². The normalized spacial score (nSPS) is 14.9. The van der Waals surface area contributed by atoms with Crippen LogP contribution in [-0.4, -0.2) is 29.4 Å². The molecule has 1 atom stereocenters. The first-order valence-electron chi connectivity index (χ1n) is 12.6. The van der Waals surface area contributed by atoms with Crippen LogP contribution >= 0.6 is 23.2 Å². The smallest absolute Gasteiger partial charge is 0.267 e. The summed E-state index contributed by atoms with van der Waals surface area (Å²) in [5.74, 6) is -1.38. The average Bonchev–Trinajstić information content (AvgIpc) is 3.38. The number of anilines is 1. The number of piperidine rings is 1. The van der Waals surface area contributed by atoms with Crippen molar-refractivity contribution < 1.29 is 18.7 Å². The number of halogens is 3. The molecule has 4 N–H and O–H groups in total. The average molecular weight is 580 g/mol. The summed E-state index contributed by atoms with van der Waals surface area (Å²) in [6.45, 7) is 0.689. The molecule has 0 bridgehead atoms. The first-order valence-corrected chi connectivity index (χ1v) is 13.4. The molecule has 0 radical (unpaired) electrons. The van der Waals surface area contributed by atoms with Gasteiger partial charge in [0.05, 0.1) is 22.7 Å². The van der Waals surface area contributed by atoms with Gasteiger partial charge in [0.25, 0.3) is 5.91 Å². The number of amides is 2. The maximum Gasteiger partial charge on any atom is 0.267 e. The number of aromatic amines is 1. The van der Waals surface area contributed by atoms with Crippen LogP contribution in [0.4, 0.5) is 10.1 Å². The standard InChI is InChI=1S/C29H24Cl2FN5O3/c30-19-9-16(14-33)10-21(13-19)40-27-22(31)6-4-17(26(27)32)15-35-28(38)25-12-18-11-20(5-7-23(18)37-25)36-29(39)24-3-1-2-8-34-24/h4-7,9-13,24,34,37H,1-3,8,15H2,(H,35,38)(H,36,39)/t24-/m0/s1. The molecule has 2 heterocycles. The fourth-order valence-corrected chi connectivity index (χ4v) is 4.93. The molecular weight excluding hydrogens is 556 g/mol. The third kappa shape index (κ3) is 6.20. The molecule has 204 valence electrons. The van der Waals surface area contributed by atoms with E-state index < -0.39 is 11.7 Å². The number of rotatable bonds is 7. The molecule has 11 heteroatoms. The summed E-state index contributed by atoms with van der Waals surface area (Å²) in [5.41, 5.74) is 2.02. The molecular formula is C29H24Cl2FN5O3. The molecule has 3 aromatic carbocycles. The Hall–Kier alpha value is -4.10. The highest BCUT2D eigenvalue weighted by Gasteiger charge is 2.21. The van der Waals surface area contributed by atoms with Crippen LogP contribution < -0.4 is 20.7 Å². The highest BCUT2D eigenvalue weighted by molar-refractivity contribution is 6.32. The van der Waals surface area contributed by atoms with Gasteiger partial charge in [0, 0.05) is 33.7 Å². The SMILES string of the molecule is N#Cc1cc(Cl)cc(Oc2c(Cl)ccc(CNC(=O)c3cc4cc(NC(=O)[C@@H]5CCCCN5)ccc4[nH]3)c2F)c1. The number of benzene rings is 3. The Balaban J connectivity index is 1.26. The molecule has 0 spiro atoms. The maximum atomic E-state index is 15.3. The van der Waals surface area contributed by atoms with Gasteiger partial charge in [0.15, 0.2) is 11.6 Å². The minimum Gasteiger partial charge on any atom is -0.453 e. The lowest BCUT2D eigenvalue weighted by Crippen LogP contribution is -2.43. The van der Waals surface area contributed by atoms with E-state index in [1.165, 1.54) is 30.3 Å². The number of ether oxygens (including phenoxy) is 1. The number of carbonyl (C=O) groups excluding carboxylic acids is 2. The van der Waals surface area contributed by atoms with Crippen LogP contribution in [0, 0.1) is 17.1 Å². The highest BCUT2D eigenvalue weighted by Crippen LogP contribution is 2.35. The number of nitrogens with one attached hydrogen (secondary N) is 4. The van der Waals surface area contributed by atoms with E-state index in [2.05, 4.69) is 20.9 Å². The molecule has 5 rings (SSSR count). The zero-order valence-corrected chi connectivity index (χ0v) is 22.6. The van der Waals surface area contributed by atoms with Crippen molar-refractivity contribution in [1.29, 1.82) is 5.26 Å². The predicted octanol–water partition coefficient (Wildman–Crippen LogP) is 6.29. The van der Waals surface area contributed by atoms with E-state index in [0.717, 1.165) is 31.2 Å². The van der Waals surface area contributed by atoms with Crippen LogP contribution in [0.25, 0.3) is 10.9 Å². The number of nitriles is 1. The number of hydrogen-bond acceptors (Lipinski definition) is 5. The lowest BCUT2D eigenvalue weighted by atomic mass is 10.0. The van der Waals surface area contributed by atoms with Crippen molar-refractivity contribution in [1.82, 2.24) is 15.6 Å². The summed E-state index contributed by atoms with van der Waals surface area (Å²) < 4.78 is 20.9. The van der Waals surface area contributed by atoms with E-state index in [9.17, 15) is 9.59 Å². The van der Waals surface area contributed by atoms with Gasteiger partial charge in [-0.15, -0.1) is 0 Å². The van der Waals surface area contributed by atoms with Crippen LogP contribution in [-0.2, 0) is 11.3 Å². The Labute approximate surface area is 239 Å². The van der Waals surface area contributed by atoms with Gasteiger partial charge in [-0.3, -0.25) is 9.59 Å². The van der Waals surface area contributed by atoms with Crippen LogP contribution in [0.15, 0.2) is 54.6 Å². The van der Waals surface area contributed by atoms with Gasteiger partial charge < -0.3 is 25.7 Å². The Kier molecular flexibility index (Phi) is 8.21. The van der Waals surface area contributed by atoms with Crippen molar-refractivity contribution >= 4 is 51.6 Å². The molecule has 1 aromatic heterocycles. The molecule has 1 aliphatic rings. The Bertz CT molecular complexity index is 1640. The molecule has 8 nitrogen and oxygen atoms in total. The largest absolute Gasteiger partial charge is 0.453 e. The number of H-pyrrole nitrogens is 1. The number of carbonyl (C=O) groups is 2. The van der Waals surface area contributed by atoms with Gasteiger partial charge in [-0.2, -0.15) is 5.26 Å². The third-order valence-electron chi connectivity index (χ3n) is 6.55. The second-order valence-electron chi connectivity index (χ2n) is 9.40. The fourth-order valence-electron chi connectivity index (χ4n) is 4.52. The highest BCUT2D eigenvalue weighted by atomic mass is 35.5. The Morgan fingerprint density at radius 3 is 2.73 bits per heavy atom. The van der Waals surface area contributed by atoms with E-state index in [0.29, 0.717) is 11.2 Å². The molecule has 1 aliphatic heterocycles. The Morgan fingerprint density at radius 1 is 1.10 bits per heavy atom. The minimum atomic E-state index is -0.754. The van der Waals surface area contributed by atoms with Crippen molar-refractivity contribution in [3.63, 3.8) is 0 Å². The van der Waals surface area contributed by atoms with E-state index >= 15 is 4.39 Å². The van der Waals surface area contributed by atoms with E-state index in [4.69, 9.17) is 33.2 Å². The second-order valence-corrected chi connectivity index (χ2v) is 10.2. The van der Waals surface area contributed by atoms with Gasteiger partial charge in [-0.1, -0.05) is 35.7 Å². The van der Waals surface area contributed by atoms with Crippen molar-refractivity contribution in [2.24, 2.45) is 0 Å². The number of aromatic nitrogens is 1. The van der Waals surface area contributed by atoms with Gasteiger partial charge in [0.1, 0.15) is 11.4 Å². The molecule has 0 aliphatic carbocycles. The van der Waals surface area contributed by atoms with E-state index in [1.807, 2.05) is 6.07 Å². The summed E-state index contributed by atoms with van der Waals surface area (Å²) in [7, 11) is 0. The van der Waals surface area contributed by atoms with E-state index in [1.54, 1.807) is 24.3 Å². The summed E-state index contributed by atoms with van der Waals surface area (Å²) in [6, 6.07) is 16.0. The van der Waals surface area contributed by atoms with Crippen LogP contribution in [0.5, 0.6) is 11.5 Å². The fraction of sp³-hybridized carbons (Fsp3) is 0.207. The molecule has 1 fully saturated rings. The summed E-state index contributed by atoms with van der Waals surface area (Å²) in [6.07, 6.45) is 2.88. The summed E-state index contributed by atoms with van der Waals surface area (Å²) in [5, 5.41) is 19.0. The number of nitrogens with zero attached hydrogens (tertiary/aromatic N) is 1. The molecule has 0 saturated carbocycles. The number of hydrogen-bond donors (Lipinski definition) is 4. The topological polar surface area (TPSA) is 119 Å². The van der Waals surface area contributed by atoms with Gasteiger partial charge in [-0.05, 0) is 67.9 Å². The molecule has 40 heavy (non-hydrogen) atoms. The van der Waals surface area contributed by atoms with Crippen molar-refractivity contribution in [2.75, 3.05) is 11.9 Å². The van der Waals surface area contributed by atoms with Gasteiger partial charge in [0.2, 0.25) is 5.91 Å². The molecule has 2 amide bonds. The first-order chi connectivity index (χ1) is 19.3. The Morgan fingerprint density at radius 2 is 1.95 bits per heavy atom. The lowest BCUT2D eigenvalue weighted by molar-refractivity contribution is -0.118. The maximum absolute atomic E-state index is 15.3. The summed E-state index contributed by atoms with van der Waals surface area (Å²) in [4.78, 5) is 28.5. The van der Waals surface area contributed by atoms with Crippen LogP contribution in [0.2, 0.25) is 10.0 Å². The van der Waals surface area contributed by atoms with Crippen molar-refractivity contribution in [3.8, 4) is 17.6 Å². The molecule has 0 unspecified atom stereocenters. The monoisotopic (exact) mass is 579 g/mol. The van der Waals surface area contributed by atoms with Crippen LogP contribution in [0.1, 0.15) is 40.9 Å². The number of fused-ring (bicyclic) bond motifs is 1. The summed E-state index contributed by atoms with van der Waals surface area (Å²) >= 11 is 12.2. The zero-order chi connectivity index (χ0) is 28.2. The molecule has 4 aromatic rings. The lowest BCUT2D eigenvalue weighted by Gasteiger charge is -2.22. The quantitative estimate of drug-likeness (QED) is 0.205. The second kappa shape index (κ2) is 12.0. The van der Waals surface area contributed by atoms with Gasteiger partial charge in [-0.25, -0.2) is 4.39 Å². The van der Waals surface area contributed by atoms with Gasteiger partial charge >= 0.3 is 0 Å².